The first-order valence-corrected chi connectivity index (χ1v) is 7.95. The van der Waals surface area contributed by atoms with E-state index in [1.807, 2.05) is 0 Å². The normalized spacial score (nSPS) is 11.6. The average molecular weight is 440 g/mol. The van der Waals surface area contributed by atoms with Crippen LogP contribution in [0.4, 0.5) is 17.6 Å². The van der Waals surface area contributed by atoms with Gasteiger partial charge in [-0.2, -0.15) is 13.2 Å². The van der Waals surface area contributed by atoms with Crippen molar-refractivity contribution in [1.82, 2.24) is 14.4 Å². The molecule has 0 aliphatic carbocycles. The minimum Gasteiger partial charge on any atom is -0.478 e. The van der Waals surface area contributed by atoms with Gasteiger partial charge in [0.25, 0.3) is 5.88 Å². The molecular formula is C15H7Cl2F4N3O4. The van der Waals surface area contributed by atoms with Crippen LogP contribution in [0.25, 0.3) is 5.65 Å². The van der Waals surface area contributed by atoms with Crippen LogP contribution in [-0.2, 0) is 0 Å². The van der Waals surface area contributed by atoms with Crippen LogP contribution in [0, 0.1) is 5.82 Å². The summed E-state index contributed by atoms with van der Waals surface area (Å²) in [7, 11) is 0. The molecule has 0 saturated heterocycles. The second-order valence-corrected chi connectivity index (χ2v) is 5.92. The molecule has 3 rings (SSSR count). The molecule has 0 spiro atoms. The first-order valence-electron chi connectivity index (χ1n) is 7.19. The third kappa shape index (κ3) is 4.04. The molecular weight excluding hydrogens is 433 g/mol. The van der Waals surface area contributed by atoms with Crippen LogP contribution in [0.2, 0.25) is 10.3 Å². The Morgan fingerprint density at radius 1 is 1.21 bits per heavy atom. The minimum atomic E-state index is -4.67. The smallest absolute Gasteiger partial charge is 0.422 e. The molecule has 3 aromatic rings. The Bertz CT molecular complexity index is 1070. The lowest BCUT2D eigenvalue weighted by molar-refractivity contribution is -0.153. The van der Waals surface area contributed by atoms with Gasteiger partial charge in [0.2, 0.25) is 0 Å². The van der Waals surface area contributed by atoms with E-state index in [9.17, 15) is 22.4 Å². The number of rotatable bonds is 5. The van der Waals surface area contributed by atoms with Crippen molar-refractivity contribution in [2.75, 3.05) is 6.61 Å². The van der Waals surface area contributed by atoms with E-state index in [1.165, 1.54) is 12.1 Å². The topological polar surface area (TPSA) is 86.0 Å². The van der Waals surface area contributed by atoms with Crippen LogP contribution in [0.15, 0.2) is 24.4 Å². The number of aromatic carboxylic acids is 1. The van der Waals surface area contributed by atoms with Crippen molar-refractivity contribution in [2.45, 2.75) is 6.18 Å². The van der Waals surface area contributed by atoms with Gasteiger partial charge >= 0.3 is 12.1 Å². The maximum Gasteiger partial charge on any atom is 0.422 e. The molecule has 28 heavy (non-hydrogen) atoms. The van der Waals surface area contributed by atoms with Crippen LogP contribution < -0.4 is 9.47 Å². The van der Waals surface area contributed by atoms with Crippen LogP contribution in [-0.4, -0.2) is 38.2 Å². The fourth-order valence-electron chi connectivity index (χ4n) is 2.11. The van der Waals surface area contributed by atoms with Gasteiger partial charge in [0.05, 0.1) is 6.20 Å². The van der Waals surface area contributed by atoms with Crippen molar-refractivity contribution >= 4 is 34.8 Å². The molecule has 0 aromatic carbocycles. The number of imidazole rings is 1. The van der Waals surface area contributed by atoms with Crippen molar-refractivity contribution in [3.05, 3.63) is 46.2 Å². The molecule has 0 saturated carbocycles. The van der Waals surface area contributed by atoms with E-state index in [2.05, 4.69) is 14.7 Å². The van der Waals surface area contributed by atoms with Crippen LogP contribution in [0.1, 0.15) is 10.5 Å². The van der Waals surface area contributed by atoms with Gasteiger partial charge in [-0.15, -0.1) is 0 Å². The Morgan fingerprint density at radius 2 is 1.93 bits per heavy atom. The van der Waals surface area contributed by atoms with Crippen molar-refractivity contribution in [1.29, 1.82) is 0 Å². The van der Waals surface area contributed by atoms with E-state index in [4.69, 9.17) is 33.0 Å². The summed E-state index contributed by atoms with van der Waals surface area (Å²) in [6.07, 6.45) is -3.97. The van der Waals surface area contributed by atoms with E-state index >= 15 is 0 Å². The van der Waals surface area contributed by atoms with E-state index in [0.717, 1.165) is 4.40 Å². The predicted octanol–water partition coefficient (Wildman–Crippen LogP) is 4.61. The molecule has 0 radical (unpaired) electrons. The summed E-state index contributed by atoms with van der Waals surface area (Å²) in [6, 6.07) is 3.22. The number of alkyl halides is 3. The number of carbonyl (C=O) groups is 1. The number of halogens is 6. The number of pyridine rings is 2. The Hall–Kier alpha value is -2.79. The molecule has 0 unspecified atom stereocenters. The molecule has 148 valence electrons. The Morgan fingerprint density at radius 3 is 2.57 bits per heavy atom. The highest BCUT2D eigenvalue weighted by Gasteiger charge is 2.29. The Balaban J connectivity index is 2.00. The molecule has 3 aromatic heterocycles. The molecule has 0 atom stereocenters. The maximum atomic E-state index is 13.3. The van der Waals surface area contributed by atoms with E-state index < -0.39 is 41.9 Å². The third-order valence-corrected chi connectivity index (χ3v) is 3.92. The van der Waals surface area contributed by atoms with E-state index in [0.29, 0.717) is 12.3 Å². The van der Waals surface area contributed by atoms with Gasteiger partial charge in [-0.1, -0.05) is 23.2 Å². The summed E-state index contributed by atoms with van der Waals surface area (Å²) in [5, 5.41) is 8.50. The molecule has 0 aliphatic rings. The molecule has 13 heteroatoms. The fraction of sp³-hybridized carbons (Fsp3) is 0.133. The largest absolute Gasteiger partial charge is 0.478 e. The van der Waals surface area contributed by atoms with Gasteiger partial charge in [0.15, 0.2) is 29.0 Å². The summed E-state index contributed by atoms with van der Waals surface area (Å²) >= 11 is 12.1. The highest BCUT2D eigenvalue weighted by Crippen LogP contribution is 2.36. The summed E-state index contributed by atoms with van der Waals surface area (Å²) in [4.78, 5) is 18.5. The second kappa shape index (κ2) is 7.32. The summed E-state index contributed by atoms with van der Waals surface area (Å²) in [5.41, 5.74) is -0.379. The number of nitrogens with zero attached hydrogens (tertiary/aromatic N) is 3. The first kappa shape index (κ1) is 20.0. The maximum absolute atomic E-state index is 13.3. The molecule has 0 bridgehead atoms. The second-order valence-electron chi connectivity index (χ2n) is 5.20. The Labute approximate surface area is 163 Å². The van der Waals surface area contributed by atoms with E-state index in [1.54, 1.807) is 0 Å². The molecule has 0 fully saturated rings. The quantitative estimate of drug-likeness (QED) is 0.461. The van der Waals surface area contributed by atoms with Gasteiger partial charge in [-0.25, -0.2) is 19.2 Å². The van der Waals surface area contributed by atoms with Crippen molar-refractivity contribution in [3.63, 3.8) is 0 Å². The summed E-state index contributed by atoms with van der Waals surface area (Å²) in [5.74, 6) is -3.62. The molecule has 7 nitrogen and oxygen atoms in total. The fourth-order valence-corrected chi connectivity index (χ4v) is 2.72. The molecule has 0 amide bonds. The average Bonchev–Trinajstić information content (AvgIpc) is 2.94. The summed E-state index contributed by atoms with van der Waals surface area (Å²) in [6.45, 7) is -1.70. The Kier molecular flexibility index (Phi) is 5.22. The van der Waals surface area contributed by atoms with Gasteiger partial charge in [-0.3, -0.25) is 4.40 Å². The number of hydrogen-bond donors (Lipinski definition) is 1. The molecule has 0 aliphatic heterocycles. The van der Waals surface area contributed by atoms with Gasteiger partial charge in [0.1, 0.15) is 16.6 Å². The van der Waals surface area contributed by atoms with Crippen LogP contribution in [0.3, 0.4) is 0 Å². The zero-order valence-electron chi connectivity index (χ0n) is 13.3. The van der Waals surface area contributed by atoms with Gasteiger partial charge < -0.3 is 14.6 Å². The zero-order chi connectivity index (χ0) is 20.6. The zero-order valence-corrected chi connectivity index (χ0v) is 14.8. The number of ether oxygens (including phenoxy) is 2. The number of hydrogen-bond acceptors (Lipinski definition) is 5. The van der Waals surface area contributed by atoms with Crippen LogP contribution in [0.5, 0.6) is 17.4 Å². The lowest BCUT2D eigenvalue weighted by Crippen LogP contribution is -2.19. The third-order valence-electron chi connectivity index (χ3n) is 3.22. The molecule has 3 heterocycles. The number of aromatic nitrogens is 3. The predicted molar refractivity (Wildman–Crippen MR) is 88.0 cm³/mol. The first-order chi connectivity index (χ1) is 13.1. The van der Waals surface area contributed by atoms with Crippen molar-refractivity contribution in [3.8, 4) is 17.4 Å². The van der Waals surface area contributed by atoms with Crippen molar-refractivity contribution < 1.29 is 36.9 Å². The molecule has 1 N–H and O–H groups in total. The summed E-state index contributed by atoms with van der Waals surface area (Å²) < 4.78 is 61.4. The number of carboxylic acid groups (broad SMARTS) is 1. The number of fused-ring (bicyclic) bond motifs is 1. The standard InChI is InChI=1S/C15H7Cl2F4N3O4/c16-11-7(1-2-9-23-10(14(25)26)12(17)24(9)11)28-13-8(3-6(18)4-22-13)27-5-15(19,20)21/h1-4H,5H2,(H,25,26). The van der Waals surface area contributed by atoms with Crippen molar-refractivity contribution in [2.24, 2.45) is 0 Å². The lowest BCUT2D eigenvalue weighted by Gasteiger charge is -2.14. The highest BCUT2D eigenvalue weighted by atomic mass is 35.5. The van der Waals surface area contributed by atoms with Crippen LogP contribution >= 0.6 is 23.2 Å². The van der Waals surface area contributed by atoms with Gasteiger partial charge in [0, 0.05) is 6.07 Å². The highest BCUT2D eigenvalue weighted by molar-refractivity contribution is 6.35. The minimum absolute atomic E-state index is 0.0837. The lowest BCUT2D eigenvalue weighted by atomic mass is 10.4. The number of carboxylic acids is 1. The monoisotopic (exact) mass is 439 g/mol. The SMILES string of the molecule is O=C(O)c1nc2ccc(Oc3ncc(F)cc3OCC(F)(F)F)c(Cl)n2c1Cl. The van der Waals surface area contributed by atoms with E-state index in [-0.39, 0.29) is 21.7 Å². The van der Waals surface area contributed by atoms with Gasteiger partial charge in [-0.05, 0) is 12.1 Å².